The van der Waals surface area contributed by atoms with E-state index in [-0.39, 0.29) is 0 Å². The SMILES string of the molecule is COC(=O)C1(C(=O)Cl)CCc2cc(C3CCCCCC3)ccc21. The standard InChI is InChI=1S/C19H23ClO3/c1-23-18(22)19(17(20)21)11-10-15-12-14(8-9-16(15)19)13-6-4-2-3-5-7-13/h8-9,12-13H,2-7,10-11H2,1H3. The van der Waals surface area contributed by atoms with Crippen molar-refractivity contribution in [2.24, 2.45) is 0 Å². The van der Waals surface area contributed by atoms with Gasteiger partial charge in [0.15, 0.2) is 5.41 Å². The lowest BCUT2D eigenvalue weighted by molar-refractivity contribution is -0.150. The fourth-order valence-electron chi connectivity index (χ4n) is 4.23. The van der Waals surface area contributed by atoms with E-state index in [0.717, 1.165) is 11.1 Å². The van der Waals surface area contributed by atoms with Crippen molar-refractivity contribution in [2.45, 2.75) is 62.7 Å². The average Bonchev–Trinajstić information content (AvgIpc) is 2.75. The summed E-state index contributed by atoms with van der Waals surface area (Å²) in [5.41, 5.74) is 1.84. The van der Waals surface area contributed by atoms with E-state index in [4.69, 9.17) is 16.3 Å². The molecule has 0 radical (unpaired) electrons. The highest BCUT2D eigenvalue weighted by molar-refractivity contribution is 6.67. The molecule has 0 bridgehead atoms. The number of benzene rings is 1. The van der Waals surface area contributed by atoms with Crippen molar-refractivity contribution in [3.05, 3.63) is 34.9 Å². The summed E-state index contributed by atoms with van der Waals surface area (Å²) in [7, 11) is 1.31. The Kier molecular flexibility index (Phi) is 4.77. The minimum Gasteiger partial charge on any atom is -0.468 e. The van der Waals surface area contributed by atoms with Gasteiger partial charge in [0.05, 0.1) is 7.11 Å². The highest BCUT2D eigenvalue weighted by Crippen LogP contribution is 2.43. The van der Waals surface area contributed by atoms with Crippen LogP contribution < -0.4 is 0 Å². The summed E-state index contributed by atoms with van der Waals surface area (Å²) in [4.78, 5) is 24.3. The maximum Gasteiger partial charge on any atom is 0.325 e. The number of aryl methyl sites for hydroxylation is 1. The van der Waals surface area contributed by atoms with Crippen LogP contribution in [0, 0.1) is 0 Å². The minimum atomic E-state index is -1.31. The molecule has 1 unspecified atom stereocenters. The zero-order valence-corrected chi connectivity index (χ0v) is 14.3. The van der Waals surface area contributed by atoms with Gasteiger partial charge in [-0.25, -0.2) is 0 Å². The Hall–Kier alpha value is -1.35. The van der Waals surface area contributed by atoms with Gasteiger partial charge >= 0.3 is 5.97 Å². The van der Waals surface area contributed by atoms with Crippen molar-refractivity contribution in [3.63, 3.8) is 0 Å². The number of carbonyl (C=O) groups excluding carboxylic acids is 2. The topological polar surface area (TPSA) is 43.4 Å². The van der Waals surface area contributed by atoms with Crippen LogP contribution in [0.3, 0.4) is 0 Å². The first-order valence-electron chi connectivity index (χ1n) is 8.51. The van der Waals surface area contributed by atoms with E-state index in [9.17, 15) is 9.59 Å². The Morgan fingerprint density at radius 1 is 1.17 bits per heavy atom. The van der Waals surface area contributed by atoms with Crippen LogP contribution in [0.15, 0.2) is 18.2 Å². The Morgan fingerprint density at radius 2 is 1.87 bits per heavy atom. The van der Waals surface area contributed by atoms with Crippen molar-refractivity contribution in [1.29, 1.82) is 0 Å². The number of fused-ring (bicyclic) bond motifs is 1. The summed E-state index contributed by atoms with van der Waals surface area (Å²) in [6, 6.07) is 6.20. The van der Waals surface area contributed by atoms with Crippen LogP contribution in [0.25, 0.3) is 0 Å². The van der Waals surface area contributed by atoms with E-state index in [1.54, 1.807) is 0 Å². The molecule has 1 fully saturated rings. The van der Waals surface area contributed by atoms with E-state index in [0.29, 0.717) is 18.8 Å². The van der Waals surface area contributed by atoms with E-state index < -0.39 is 16.6 Å². The average molecular weight is 335 g/mol. The number of hydrogen-bond donors (Lipinski definition) is 0. The second-order valence-electron chi connectivity index (χ2n) is 6.78. The molecule has 2 aliphatic carbocycles. The van der Waals surface area contributed by atoms with Gasteiger partial charge in [-0.15, -0.1) is 0 Å². The predicted octanol–water partition coefficient (Wildman–Crippen LogP) is 4.25. The lowest BCUT2D eigenvalue weighted by atomic mass is 9.82. The van der Waals surface area contributed by atoms with Crippen LogP contribution in [-0.4, -0.2) is 18.3 Å². The predicted molar refractivity (Wildman–Crippen MR) is 89.8 cm³/mol. The molecule has 0 saturated heterocycles. The molecule has 1 aromatic carbocycles. The molecule has 0 aliphatic heterocycles. The van der Waals surface area contributed by atoms with Gasteiger partial charge in [-0.05, 0) is 59.9 Å². The van der Waals surface area contributed by atoms with Crippen LogP contribution in [0.1, 0.15) is 67.6 Å². The third-order valence-corrected chi connectivity index (χ3v) is 5.88. The van der Waals surface area contributed by atoms with Crippen LogP contribution >= 0.6 is 11.6 Å². The lowest BCUT2D eigenvalue weighted by Crippen LogP contribution is -2.40. The molecule has 1 atom stereocenters. The van der Waals surface area contributed by atoms with Crippen molar-refractivity contribution < 1.29 is 14.3 Å². The van der Waals surface area contributed by atoms with Gasteiger partial charge in [0.1, 0.15) is 0 Å². The summed E-state index contributed by atoms with van der Waals surface area (Å²) in [5, 5.41) is -0.634. The molecule has 4 heteroatoms. The maximum atomic E-state index is 12.2. The number of methoxy groups -OCH3 is 1. The fourth-order valence-corrected chi connectivity index (χ4v) is 4.50. The molecule has 3 nitrogen and oxygen atoms in total. The van der Waals surface area contributed by atoms with Crippen molar-refractivity contribution in [2.75, 3.05) is 7.11 Å². The highest BCUT2D eigenvalue weighted by Gasteiger charge is 2.52. The first kappa shape index (κ1) is 16.5. The molecule has 3 rings (SSSR count). The Labute approximate surface area is 142 Å². The molecule has 23 heavy (non-hydrogen) atoms. The molecule has 0 amide bonds. The highest BCUT2D eigenvalue weighted by atomic mass is 35.5. The number of ether oxygens (including phenoxy) is 1. The van der Waals surface area contributed by atoms with Gasteiger partial charge in [-0.2, -0.15) is 0 Å². The third kappa shape index (κ3) is 2.80. The van der Waals surface area contributed by atoms with E-state index >= 15 is 0 Å². The molecule has 1 saturated carbocycles. The summed E-state index contributed by atoms with van der Waals surface area (Å²) in [6.45, 7) is 0. The fraction of sp³-hybridized carbons (Fsp3) is 0.579. The van der Waals surface area contributed by atoms with Gasteiger partial charge in [-0.1, -0.05) is 43.9 Å². The Bertz CT molecular complexity index is 617. The van der Waals surface area contributed by atoms with E-state index in [1.165, 1.54) is 51.2 Å². The largest absolute Gasteiger partial charge is 0.468 e. The number of hydrogen-bond acceptors (Lipinski definition) is 3. The van der Waals surface area contributed by atoms with E-state index in [2.05, 4.69) is 12.1 Å². The van der Waals surface area contributed by atoms with Gasteiger partial charge in [0.25, 0.3) is 0 Å². The Balaban J connectivity index is 1.96. The van der Waals surface area contributed by atoms with Gasteiger partial charge in [-0.3, -0.25) is 9.59 Å². The maximum absolute atomic E-state index is 12.2. The monoisotopic (exact) mass is 334 g/mol. The number of halogens is 1. The molecule has 2 aliphatic rings. The normalized spacial score (nSPS) is 24.8. The van der Waals surface area contributed by atoms with Gasteiger partial charge < -0.3 is 4.74 Å². The van der Waals surface area contributed by atoms with Crippen LogP contribution in [0.4, 0.5) is 0 Å². The first-order chi connectivity index (χ1) is 11.1. The molecule has 1 aromatic rings. The molecule has 0 N–H and O–H groups in total. The van der Waals surface area contributed by atoms with Crippen molar-refractivity contribution in [1.82, 2.24) is 0 Å². The van der Waals surface area contributed by atoms with Crippen molar-refractivity contribution >= 4 is 22.8 Å². The smallest absolute Gasteiger partial charge is 0.325 e. The molecule has 124 valence electrons. The second kappa shape index (κ2) is 6.64. The Morgan fingerprint density at radius 3 is 2.48 bits per heavy atom. The zero-order chi connectivity index (χ0) is 16.4. The summed E-state index contributed by atoms with van der Waals surface area (Å²) < 4.78 is 4.87. The first-order valence-corrected chi connectivity index (χ1v) is 8.89. The van der Waals surface area contributed by atoms with Crippen LogP contribution in [0.5, 0.6) is 0 Å². The summed E-state index contributed by atoms with van der Waals surface area (Å²) in [6.07, 6.45) is 8.79. The van der Waals surface area contributed by atoms with Crippen LogP contribution in [-0.2, 0) is 26.2 Å². The second-order valence-corrected chi connectivity index (χ2v) is 7.12. The van der Waals surface area contributed by atoms with Gasteiger partial charge in [0.2, 0.25) is 5.24 Å². The van der Waals surface area contributed by atoms with Crippen LogP contribution in [0.2, 0.25) is 0 Å². The van der Waals surface area contributed by atoms with Gasteiger partial charge in [0, 0.05) is 0 Å². The quantitative estimate of drug-likeness (QED) is 0.359. The van der Waals surface area contributed by atoms with E-state index in [1.807, 2.05) is 6.07 Å². The number of esters is 1. The zero-order valence-electron chi connectivity index (χ0n) is 13.6. The summed E-state index contributed by atoms with van der Waals surface area (Å²) in [5.74, 6) is 0.0566. The third-order valence-electron chi connectivity index (χ3n) is 5.55. The number of rotatable bonds is 3. The number of carbonyl (C=O) groups is 2. The molecule has 0 spiro atoms. The molecular weight excluding hydrogens is 312 g/mol. The lowest BCUT2D eigenvalue weighted by Gasteiger charge is -2.23. The molecule has 0 heterocycles. The minimum absolute atomic E-state index is 0.408. The molecular formula is C19H23ClO3. The summed E-state index contributed by atoms with van der Waals surface area (Å²) >= 11 is 5.81. The van der Waals surface area contributed by atoms with Crippen molar-refractivity contribution in [3.8, 4) is 0 Å². The molecule has 0 aromatic heterocycles.